The van der Waals surface area contributed by atoms with E-state index in [1.807, 2.05) is 13.0 Å². The topological polar surface area (TPSA) is 68.6 Å². The van der Waals surface area contributed by atoms with Crippen LogP contribution in [0.3, 0.4) is 0 Å². The third kappa shape index (κ3) is 3.26. The van der Waals surface area contributed by atoms with Gasteiger partial charge in [-0.2, -0.15) is 4.31 Å². The second kappa shape index (κ2) is 6.40. The molecule has 0 N–H and O–H groups in total. The molecule has 4 rings (SSSR count). The molecule has 1 aromatic carbocycles. The van der Waals surface area contributed by atoms with Crippen LogP contribution in [0, 0.1) is 6.92 Å². The summed E-state index contributed by atoms with van der Waals surface area (Å²) >= 11 is 5.81. The Morgan fingerprint density at radius 1 is 1.12 bits per heavy atom. The Morgan fingerprint density at radius 2 is 1.77 bits per heavy atom. The highest BCUT2D eigenvalue weighted by Gasteiger charge is 2.38. The van der Waals surface area contributed by atoms with Crippen LogP contribution < -0.4 is 10.3 Å². The Kier molecular flexibility index (Phi) is 4.33. The summed E-state index contributed by atoms with van der Waals surface area (Å²) in [5, 5.41) is 0.491. The van der Waals surface area contributed by atoms with E-state index in [4.69, 9.17) is 16.3 Å². The Bertz CT molecular complexity index is 991. The number of sulfonamides is 1. The number of hydrogen-bond donors (Lipinski definition) is 0. The molecular weight excluding hydrogens is 376 g/mol. The highest BCUT2D eigenvalue weighted by Crippen LogP contribution is 2.35. The summed E-state index contributed by atoms with van der Waals surface area (Å²) in [4.78, 5) is 12.4. The maximum atomic E-state index is 12.5. The lowest BCUT2D eigenvalue weighted by Crippen LogP contribution is -2.56. The van der Waals surface area contributed by atoms with Crippen molar-refractivity contribution in [1.82, 2.24) is 8.87 Å². The Balaban J connectivity index is 1.42. The van der Waals surface area contributed by atoms with Gasteiger partial charge in [-0.3, -0.25) is 4.79 Å². The van der Waals surface area contributed by atoms with Crippen molar-refractivity contribution < 1.29 is 13.2 Å². The molecule has 2 heterocycles. The van der Waals surface area contributed by atoms with E-state index in [0.29, 0.717) is 16.8 Å². The summed E-state index contributed by atoms with van der Waals surface area (Å²) in [5.74, 6) is 0.498. The van der Waals surface area contributed by atoms with E-state index in [1.165, 1.54) is 22.5 Å². The minimum absolute atomic E-state index is 0.0625. The van der Waals surface area contributed by atoms with Gasteiger partial charge in [0.05, 0.1) is 18.0 Å². The molecular formula is C18H19ClN2O4S. The molecule has 0 radical (unpaired) electrons. The van der Waals surface area contributed by atoms with E-state index in [0.717, 1.165) is 18.5 Å². The van der Waals surface area contributed by atoms with Crippen LogP contribution in [0.2, 0.25) is 5.02 Å². The first kappa shape index (κ1) is 17.6. The van der Waals surface area contributed by atoms with E-state index >= 15 is 0 Å². The second-order valence-corrected chi connectivity index (χ2v) is 9.16. The number of hydrogen-bond acceptors (Lipinski definition) is 4. The van der Waals surface area contributed by atoms with Crippen LogP contribution in [0.5, 0.6) is 5.75 Å². The van der Waals surface area contributed by atoms with Crippen molar-refractivity contribution in [3.63, 3.8) is 0 Å². The number of aryl methyl sites for hydroxylation is 1. The van der Waals surface area contributed by atoms with Gasteiger partial charge >= 0.3 is 0 Å². The Hall–Kier alpha value is -1.83. The summed E-state index contributed by atoms with van der Waals surface area (Å²) in [6, 6.07) is 9.75. The molecule has 138 valence electrons. The fraction of sp³-hybridized carbons (Fsp3) is 0.389. The van der Waals surface area contributed by atoms with E-state index in [-0.39, 0.29) is 29.6 Å². The van der Waals surface area contributed by atoms with Crippen molar-refractivity contribution in [2.75, 3.05) is 13.1 Å². The molecule has 0 spiro atoms. The van der Waals surface area contributed by atoms with Crippen LogP contribution in [0.25, 0.3) is 0 Å². The number of ether oxygens (including phenoxy) is 1. The molecule has 0 amide bonds. The number of nitrogens with zero attached hydrogens (tertiary/aromatic N) is 2. The summed E-state index contributed by atoms with van der Waals surface area (Å²) in [5.41, 5.74) is 0.812. The SMILES string of the molecule is Cc1cc(OC2CN(S(=O)(=O)c3ccc(Cl)cc3)C2)cc(=O)n1C1CC1. The predicted molar refractivity (Wildman–Crippen MR) is 98.3 cm³/mol. The van der Waals surface area contributed by atoms with Gasteiger partial charge in [0.2, 0.25) is 10.0 Å². The van der Waals surface area contributed by atoms with Crippen molar-refractivity contribution in [3.8, 4) is 5.75 Å². The van der Waals surface area contributed by atoms with Gasteiger partial charge in [-0.25, -0.2) is 8.42 Å². The zero-order valence-corrected chi connectivity index (χ0v) is 15.8. The van der Waals surface area contributed by atoms with E-state index < -0.39 is 10.0 Å². The van der Waals surface area contributed by atoms with Gasteiger partial charge in [0.15, 0.2) is 0 Å². The van der Waals surface area contributed by atoms with Gasteiger partial charge in [-0.1, -0.05) is 11.6 Å². The molecule has 1 aromatic heterocycles. The number of rotatable bonds is 5. The fourth-order valence-electron chi connectivity index (χ4n) is 3.17. The quantitative estimate of drug-likeness (QED) is 0.781. The van der Waals surface area contributed by atoms with Gasteiger partial charge in [-0.15, -0.1) is 0 Å². The fourth-order valence-corrected chi connectivity index (χ4v) is 4.80. The summed E-state index contributed by atoms with van der Waals surface area (Å²) in [6.45, 7) is 2.41. The van der Waals surface area contributed by atoms with Crippen LogP contribution in [0.15, 0.2) is 46.1 Å². The zero-order valence-electron chi connectivity index (χ0n) is 14.3. The summed E-state index contributed by atoms with van der Waals surface area (Å²) in [6.07, 6.45) is 1.83. The van der Waals surface area contributed by atoms with Crippen molar-refractivity contribution in [1.29, 1.82) is 0 Å². The van der Waals surface area contributed by atoms with Crippen LogP contribution in [-0.2, 0) is 10.0 Å². The number of benzene rings is 1. The minimum atomic E-state index is -3.54. The molecule has 6 nitrogen and oxygen atoms in total. The van der Waals surface area contributed by atoms with Gasteiger partial charge in [-0.05, 0) is 50.1 Å². The molecule has 1 aliphatic carbocycles. The molecule has 1 aliphatic heterocycles. The maximum absolute atomic E-state index is 12.5. The highest BCUT2D eigenvalue weighted by molar-refractivity contribution is 7.89. The van der Waals surface area contributed by atoms with E-state index in [2.05, 4.69) is 0 Å². The number of halogens is 1. The van der Waals surface area contributed by atoms with Gasteiger partial charge in [0.1, 0.15) is 11.9 Å². The maximum Gasteiger partial charge on any atom is 0.254 e. The molecule has 26 heavy (non-hydrogen) atoms. The van der Waals surface area contributed by atoms with Crippen molar-refractivity contribution >= 4 is 21.6 Å². The normalized spacial score (nSPS) is 18.5. The lowest BCUT2D eigenvalue weighted by Gasteiger charge is -2.37. The summed E-state index contributed by atoms with van der Waals surface area (Å²) in [7, 11) is -3.54. The van der Waals surface area contributed by atoms with Crippen molar-refractivity contribution in [2.45, 2.75) is 36.8 Å². The molecule has 2 aromatic rings. The zero-order chi connectivity index (χ0) is 18.5. The standard InChI is InChI=1S/C18H19ClN2O4S/c1-12-8-15(9-18(22)21(12)14-4-5-14)25-16-10-20(11-16)26(23,24)17-6-2-13(19)3-7-17/h2-3,6-9,14,16H,4-5,10-11H2,1H3. The molecule has 8 heteroatoms. The number of pyridine rings is 1. The van der Waals surface area contributed by atoms with Gasteiger partial charge in [0.25, 0.3) is 5.56 Å². The van der Waals surface area contributed by atoms with E-state index in [1.54, 1.807) is 16.7 Å². The van der Waals surface area contributed by atoms with Crippen LogP contribution in [0.4, 0.5) is 0 Å². The van der Waals surface area contributed by atoms with Crippen molar-refractivity contribution in [3.05, 3.63) is 57.5 Å². The van der Waals surface area contributed by atoms with Gasteiger partial charge in [0, 0.05) is 22.8 Å². The van der Waals surface area contributed by atoms with Crippen LogP contribution >= 0.6 is 11.6 Å². The molecule has 2 aliphatic rings. The Labute approximate surface area is 157 Å². The first-order chi connectivity index (χ1) is 12.3. The van der Waals surface area contributed by atoms with E-state index in [9.17, 15) is 13.2 Å². The lowest BCUT2D eigenvalue weighted by atomic mass is 10.2. The second-order valence-electron chi connectivity index (χ2n) is 6.79. The molecule has 1 saturated heterocycles. The summed E-state index contributed by atoms with van der Waals surface area (Å²) < 4.78 is 34.0. The smallest absolute Gasteiger partial charge is 0.254 e. The first-order valence-electron chi connectivity index (χ1n) is 8.50. The number of aromatic nitrogens is 1. The molecule has 2 fully saturated rings. The largest absolute Gasteiger partial charge is 0.487 e. The van der Waals surface area contributed by atoms with Crippen LogP contribution in [-0.4, -0.2) is 36.5 Å². The predicted octanol–water partition coefficient (Wildman–Crippen LogP) is 2.60. The molecule has 0 bridgehead atoms. The van der Waals surface area contributed by atoms with Gasteiger partial charge < -0.3 is 9.30 Å². The Morgan fingerprint density at radius 3 is 2.35 bits per heavy atom. The lowest BCUT2D eigenvalue weighted by molar-refractivity contribution is 0.0758. The average Bonchev–Trinajstić information content (AvgIpc) is 3.35. The average molecular weight is 395 g/mol. The first-order valence-corrected chi connectivity index (χ1v) is 10.3. The van der Waals surface area contributed by atoms with Crippen molar-refractivity contribution in [2.24, 2.45) is 0 Å². The molecule has 1 saturated carbocycles. The third-order valence-electron chi connectivity index (χ3n) is 4.72. The van der Waals surface area contributed by atoms with Crippen LogP contribution in [0.1, 0.15) is 24.6 Å². The molecule has 0 unspecified atom stereocenters. The minimum Gasteiger partial charge on any atom is -0.487 e. The third-order valence-corrected chi connectivity index (χ3v) is 6.81. The molecule has 0 atom stereocenters. The highest BCUT2D eigenvalue weighted by atomic mass is 35.5. The monoisotopic (exact) mass is 394 g/mol.